The van der Waals surface area contributed by atoms with Crippen molar-refractivity contribution in [2.45, 2.75) is 24.2 Å². The predicted molar refractivity (Wildman–Crippen MR) is 71.7 cm³/mol. The van der Waals surface area contributed by atoms with Crippen LogP contribution in [0.2, 0.25) is 0 Å². The number of aliphatic hydroxyl groups excluding tert-OH is 1. The van der Waals surface area contributed by atoms with Gasteiger partial charge < -0.3 is 10.8 Å². The summed E-state index contributed by atoms with van der Waals surface area (Å²) in [6.45, 7) is 0.400. The highest BCUT2D eigenvalue weighted by molar-refractivity contribution is 7.89. The molecule has 104 valence electrons. The lowest BCUT2D eigenvalue weighted by Crippen LogP contribution is -2.25. The lowest BCUT2D eigenvalue weighted by atomic mass is 10.2. The van der Waals surface area contributed by atoms with Crippen molar-refractivity contribution in [3.8, 4) is 6.07 Å². The van der Waals surface area contributed by atoms with Crippen LogP contribution in [0.1, 0.15) is 24.8 Å². The molecule has 0 unspecified atom stereocenters. The average Bonchev–Trinajstić information content (AvgIpc) is 2.37. The van der Waals surface area contributed by atoms with E-state index in [1.54, 1.807) is 0 Å². The first-order valence-electron chi connectivity index (χ1n) is 5.91. The van der Waals surface area contributed by atoms with Crippen molar-refractivity contribution >= 4 is 15.7 Å². The number of nitrogens with zero attached hydrogens (tertiary/aromatic N) is 1. The highest BCUT2D eigenvalue weighted by Crippen LogP contribution is 2.19. The average molecular weight is 283 g/mol. The monoisotopic (exact) mass is 283 g/mol. The highest BCUT2D eigenvalue weighted by Gasteiger charge is 2.16. The van der Waals surface area contributed by atoms with E-state index in [2.05, 4.69) is 4.72 Å². The first-order valence-corrected chi connectivity index (χ1v) is 7.39. The van der Waals surface area contributed by atoms with Gasteiger partial charge in [-0.3, -0.25) is 0 Å². The van der Waals surface area contributed by atoms with Gasteiger partial charge in [0.25, 0.3) is 0 Å². The predicted octanol–water partition coefficient (Wildman–Crippen LogP) is 0.581. The van der Waals surface area contributed by atoms with Gasteiger partial charge in [0.1, 0.15) is 4.90 Å². The molecule has 1 aromatic carbocycles. The zero-order valence-corrected chi connectivity index (χ0v) is 11.3. The molecule has 19 heavy (non-hydrogen) atoms. The Kier molecular flexibility index (Phi) is 5.76. The number of rotatable bonds is 7. The van der Waals surface area contributed by atoms with Crippen molar-refractivity contribution in [2.24, 2.45) is 0 Å². The normalized spacial score (nSPS) is 11.2. The molecule has 0 aliphatic heterocycles. The van der Waals surface area contributed by atoms with E-state index in [1.807, 2.05) is 6.07 Å². The molecular weight excluding hydrogens is 266 g/mol. The number of sulfonamides is 1. The molecule has 7 heteroatoms. The van der Waals surface area contributed by atoms with Crippen molar-refractivity contribution in [2.75, 3.05) is 18.9 Å². The van der Waals surface area contributed by atoms with E-state index in [4.69, 9.17) is 16.1 Å². The molecule has 0 aliphatic rings. The SMILES string of the molecule is N#Cc1ccc(S(=O)(=O)NCCCCCO)c(N)c1. The van der Waals surface area contributed by atoms with Gasteiger partial charge in [0.05, 0.1) is 17.3 Å². The number of nitrogen functional groups attached to an aromatic ring is 1. The molecular formula is C12H17N3O3S. The third kappa shape index (κ3) is 4.52. The van der Waals surface area contributed by atoms with Crippen LogP contribution in [0.5, 0.6) is 0 Å². The second-order valence-electron chi connectivity index (χ2n) is 4.05. The number of anilines is 1. The minimum atomic E-state index is -3.65. The van der Waals surface area contributed by atoms with Gasteiger partial charge in [-0.2, -0.15) is 5.26 Å². The minimum absolute atomic E-state index is 0.0198. The fourth-order valence-electron chi connectivity index (χ4n) is 1.56. The van der Waals surface area contributed by atoms with Crippen molar-refractivity contribution in [3.05, 3.63) is 23.8 Å². The third-order valence-corrected chi connectivity index (χ3v) is 4.09. The van der Waals surface area contributed by atoms with Gasteiger partial charge in [-0.15, -0.1) is 0 Å². The van der Waals surface area contributed by atoms with E-state index in [9.17, 15) is 8.42 Å². The van der Waals surface area contributed by atoms with Crippen LogP contribution in [0.4, 0.5) is 5.69 Å². The van der Waals surface area contributed by atoms with E-state index in [0.717, 1.165) is 6.42 Å². The Morgan fingerprint density at radius 1 is 1.32 bits per heavy atom. The summed E-state index contributed by atoms with van der Waals surface area (Å²) in [5.74, 6) is 0. The largest absolute Gasteiger partial charge is 0.398 e. The Morgan fingerprint density at radius 2 is 2.05 bits per heavy atom. The van der Waals surface area contributed by atoms with Gasteiger partial charge in [0, 0.05) is 13.2 Å². The quantitative estimate of drug-likeness (QED) is 0.500. The van der Waals surface area contributed by atoms with Crippen molar-refractivity contribution < 1.29 is 13.5 Å². The van der Waals surface area contributed by atoms with E-state index in [0.29, 0.717) is 24.9 Å². The first-order chi connectivity index (χ1) is 9.01. The Morgan fingerprint density at radius 3 is 2.63 bits per heavy atom. The van der Waals surface area contributed by atoms with E-state index in [-0.39, 0.29) is 17.2 Å². The zero-order chi connectivity index (χ0) is 14.3. The Bertz CT molecular complexity index is 564. The highest BCUT2D eigenvalue weighted by atomic mass is 32.2. The molecule has 0 saturated heterocycles. The molecule has 0 radical (unpaired) electrons. The third-order valence-electron chi connectivity index (χ3n) is 2.56. The number of nitrogens with two attached hydrogens (primary N) is 1. The molecule has 0 heterocycles. The second-order valence-corrected chi connectivity index (χ2v) is 5.78. The van der Waals surface area contributed by atoms with Crippen LogP contribution in [0.3, 0.4) is 0 Å². The standard InChI is InChI=1S/C12H17N3O3S/c13-9-10-4-5-12(11(14)8-10)19(17,18)15-6-2-1-3-7-16/h4-5,8,15-16H,1-3,6-7,14H2. The maximum absolute atomic E-state index is 12.0. The van der Waals surface area contributed by atoms with Gasteiger partial charge >= 0.3 is 0 Å². The summed E-state index contributed by atoms with van der Waals surface area (Å²) in [5.41, 5.74) is 6.01. The van der Waals surface area contributed by atoms with Gasteiger partial charge in [0.15, 0.2) is 0 Å². The number of unbranched alkanes of at least 4 members (excludes halogenated alkanes) is 2. The number of nitrogens with one attached hydrogen (secondary N) is 1. The van der Waals surface area contributed by atoms with Gasteiger partial charge in [-0.25, -0.2) is 13.1 Å². The smallest absolute Gasteiger partial charge is 0.242 e. The second kappa shape index (κ2) is 7.09. The van der Waals surface area contributed by atoms with Gasteiger partial charge in [-0.05, 0) is 37.5 Å². The summed E-state index contributed by atoms with van der Waals surface area (Å²) in [5, 5.41) is 17.3. The first kappa shape index (κ1) is 15.4. The number of hydrogen-bond donors (Lipinski definition) is 3. The molecule has 6 nitrogen and oxygen atoms in total. The maximum Gasteiger partial charge on any atom is 0.242 e. The molecule has 0 saturated carbocycles. The molecule has 0 fully saturated rings. The molecule has 0 spiro atoms. The van der Waals surface area contributed by atoms with Crippen LogP contribution in [0, 0.1) is 11.3 Å². The van der Waals surface area contributed by atoms with Crippen molar-refractivity contribution in [1.82, 2.24) is 4.72 Å². The Balaban J connectivity index is 2.70. The molecule has 0 bridgehead atoms. The number of nitriles is 1. The summed E-state index contributed by atoms with van der Waals surface area (Å²) >= 11 is 0. The van der Waals surface area contributed by atoms with Crippen LogP contribution in [0.25, 0.3) is 0 Å². The summed E-state index contributed by atoms with van der Waals surface area (Å²) < 4.78 is 26.4. The molecule has 0 aliphatic carbocycles. The van der Waals surface area contributed by atoms with Crippen molar-refractivity contribution in [1.29, 1.82) is 5.26 Å². The van der Waals surface area contributed by atoms with Gasteiger partial charge in [0.2, 0.25) is 10.0 Å². The van der Waals surface area contributed by atoms with Gasteiger partial charge in [-0.1, -0.05) is 0 Å². The van der Waals surface area contributed by atoms with Crippen LogP contribution < -0.4 is 10.5 Å². The minimum Gasteiger partial charge on any atom is -0.398 e. The molecule has 0 aromatic heterocycles. The molecule has 1 aromatic rings. The molecule has 0 atom stereocenters. The van der Waals surface area contributed by atoms with Crippen LogP contribution in [-0.4, -0.2) is 26.7 Å². The number of aliphatic hydroxyl groups is 1. The summed E-state index contributed by atoms with van der Waals surface area (Å²) in [4.78, 5) is -0.0198. The summed E-state index contributed by atoms with van der Waals surface area (Å²) in [6, 6.07) is 5.96. The number of benzene rings is 1. The molecule has 4 N–H and O–H groups in total. The van der Waals surface area contributed by atoms with Crippen LogP contribution in [-0.2, 0) is 10.0 Å². The number of hydrogen-bond acceptors (Lipinski definition) is 5. The topological polar surface area (TPSA) is 116 Å². The van der Waals surface area contributed by atoms with Crippen molar-refractivity contribution in [3.63, 3.8) is 0 Å². The lowest BCUT2D eigenvalue weighted by molar-refractivity contribution is 0.283. The maximum atomic E-state index is 12.0. The van der Waals surface area contributed by atoms with Crippen LogP contribution >= 0.6 is 0 Å². The van der Waals surface area contributed by atoms with E-state index in [1.165, 1.54) is 18.2 Å². The Hall–Kier alpha value is -1.62. The molecule has 1 rings (SSSR count). The fraction of sp³-hybridized carbons (Fsp3) is 0.417. The van der Waals surface area contributed by atoms with Crippen LogP contribution in [0.15, 0.2) is 23.1 Å². The fourth-order valence-corrected chi connectivity index (χ4v) is 2.75. The molecule has 0 amide bonds. The Labute approximate surface area is 112 Å². The summed E-state index contributed by atoms with van der Waals surface area (Å²) in [7, 11) is -3.65. The zero-order valence-electron chi connectivity index (χ0n) is 10.5. The van der Waals surface area contributed by atoms with E-state index < -0.39 is 10.0 Å². The lowest BCUT2D eigenvalue weighted by Gasteiger charge is -2.09. The summed E-state index contributed by atoms with van der Waals surface area (Å²) in [6.07, 6.45) is 2.05. The van der Waals surface area contributed by atoms with E-state index >= 15 is 0 Å².